The van der Waals surface area contributed by atoms with Gasteiger partial charge in [0, 0.05) is 28.2 Å². The van der Waals surface area contributed by atoms with Crippen LogP contribution < -0.4 is 21.1 Å². The Kier molecular flexibility index (Phi) is 7.26. The summed E-state index contributed by atoms with van der Waals surface area (Å²) in [6, 6.07) is 13.6. The summed E-state index contributed by atoms with van der Waals surface area (Å²) >= 11 is 7.15. The molecule has 1 aromatic heterocycles. The molecule has 0 aliphatic rings. The number of aromatic nitrogens is 1. The van der Waals surface area contributed by atoms with E-state index in [1.165, 1.54) is 11.3 Å². The SMILES string of the molecule is CCCNC(=O)NN(C(=O)Nc1ccc(Cl)cc1)c1nc(-c2ccc(C)cc2)cs1. The molecule has 2 aromatic carbocycles. The molecule has 30 heavy (non-hydrogen) atoms. The number of hydrogen-bond acceptors (Lipinski definition) is 4. The monoisotopic (exact) mass is 443 g/mol. The van der Waals surface area contributed by atoms with E-state index in [1.54, 1.807) is 24.3 Å². The summed E-state index contributed by atoms with van der Waals surface area (Å²) in [5.41, 5.74) is 5.90. The number of carbonyl (C=O) groups excluding carboxylic acids is 2. The van der Waals surface area contributed by atoms with Gasteiger partial charge >= 0.3 is 12.1 Å². The molecule has 3 aromatic rings. The van der Waals surface area contributed by atoms with Crippen molar-refractivity contribution >= 4 is 45.8 Å². The Hall–Kier alpha value is -3.10. The Morgan fingerprint density at radius 3 is 2.47 bits per heavy atom. The predicted octanol–water partition coefficient (Wildman–Crippen LogP) is 5.43. The fourth-order valence-corrected chi connectivity index (χ4v) is 3.42. The minimum Gasteiger partial charge on any atom is -0.337 e. The number of thiazole rings is 1. The fourth-order valence-electron chi connectivity index (χ4n) is 2.50. The van der Waals surface area contributed by atoms with E-state index in [-0.39, 0.29) is 0 Å². The van der Waals surface area contributed by atoms with Crippen LogP contribution >= 0.6 is 22.9 Å². The highest BCUT2D eigenvalue weighted by Gasteiger charge is 2.22. The predicted molar refractivity (Wildman–Crippen MR) is 122 cm³/mol. The number of nitrogens with zero attached hydrogens (tertiary/aromatic N) is 2. The maximum absolute atomic E-state index is 12.9. The van der Waals surface area contributed by atoms with Crippen molar-refractivity contribution in [1.29, 1.82) is 0 Å². The number of nitrogens with one attached hydrogen (secondary N) is 3. The zero-order valence-electron chi connectivity index (χ0n) is 16.6. The van der Waals surface area contributed by atoms with Crippen molar-refractivity contribution in [3.8, 4) is 11.3 Å². The second kappa shape index (κ2) is 10.1. The third kappa shape index (κ3) is 5.71. The average molecular weight is 444 g/mol. The van der Waals surface area contributed by atoms with Crippen LogP contribution in [0.5, 0.6) is 0 Å². The number of benzene rings is 2. The number of amides is 4. The van der Waals surface area contributed by atoms with Gasteiger partial charge in [-0.25, -0.2) is 20.0 Å². The zero-order chi connectivity index (χ0) is 21.5. The van der Waals surface area contributed by atoms with Crippen LogP contribution in [0.15, 0.2) is 53.9 Å². The van der Waals surface area contributed by atoms with Crippen LogP contribution in [0.25, 0.3) is 11.3 Å². The molecule has 0 radical (unpaired) electrons. The largest absolute Gasteiger partial charge is 0.347 e. The number of carbonyl (C=O) groups is 2. The maximum atomic E-state index is 12.9. The van der Waals surface area contributed by atoms with Crippen LogP contribution in [0.1, 0.15) is 18.9 Å². The van der Waals surface area contributed by atoms with E-state index < -0.39 is 12.1 Å². The molecule has 4 amide bonds. The second-order valence-corrected chi connectivity index (χ2v) is 7.79. The zero-order valence-corrected chi connectivity index (χ0v) is 18.2. The lowest BCUT2D eigenvalue weighted by Gasteiger charge is -2.21. The lowest BCUT2D eigenvalue weighted by atomic mass is 10.1. The van der Waals surface area contributed by atoms with Gasteiger partial charge in [-0.3, -0.25) is 0 Å². The van der Waals surface area contributed by atoms with Gasteiger partial charge in [-0.2, -0.15) is 5.01 Å². The lowest BCUT2D eigenvalue weighted by Crippen LogP contribution is -2.52. The summed E-state index contributed by atoms with van der Waals surface area (Å²) < 4.78 is 0. The third-order valence-electron chi connectivity index (χ3n) is 4.08. The van der Waals surface area contributed by atoms with E-state index in [2.05, 4.69) is 21.0 Å². The Bertz CT molecular complexity index is 1000. The van der Waals surface area contributed by atoms with E-state index >= 15 is 0 Å². The van der Waals surface area contributed by atoms with Crippen LogP contribution in [0, 0.1) is 6.92 Å². The standard InChI is InChI=1S/C21H22ClN5O2S/c1-3-12-23-19(28)26-27(20(29)24-17-10-8-16(22)9-11-17)21-25-18(13-30-21)15-6-4-14(2)5-7-15/h4-11,13H,3,12H2,1-2H3,(H,24,29)(H2,23,26,28). The second-order valence-electron chi connectivity index (χ2n) is 6.52. The summed E-state index contributed by atoms with van der Waals surface area (Å²) in [6.07, 6.45) is 0.777. The van der Waals surface area contributed by atoms with E-state index in [9.17, 15) is 9.59 Å². The van der Waals surface area contributed by atoms with Gasteiger partial charge in [-0.05, 0) is 37.6 Å². The van der Waals surface area contributed by atoms with E-state index in [0.29, 0.717) is 22.4 Å². The Morgan fingerprint density at radius 1 is 1.10 bits per heavy atom. The molecule has 0 aliphatic carbocycles. The molecule has 0 bridgehead atoms. The Balaban J connectivity index is 1.83. The van der Waals surface area contributed by atoms with Gasteiger partial charge in [0.15, 0.2) is 0 Å². The highest BCUT2D eigenvalue weighted by molar-refractivity contribution is 7.14. The topological polar surface area (TPSA) is 86.4 Å². The molecule has 0 unspecified atom stereocenters. The fraction of sp³-hybridized carbons (Fsp3) is 0.190. The number of hydrazine groups is 1. The van der Waals surface area contributed by atoms with Crippen LogP contribution in [-0.4, -0.2) is 23.6 Å². The van der Waals surface area contributed by atoms with Crippen molar-refractivity contribution in [3.05, 3.63) is 64.5 Å². The van der Waals surface area contributed by atoms with Crippen molar-refractivity contribution in [3.63, 3.8) is 0 Å². The van der Waals surface area contributed by atoms with Gasteiger partial charge in [0.1, 0.15) is 0 Å². The molecule has 0 spiro atoms. The molecular formula is C21H22ClN5O2S. The molecule has 0 saturated heterocycles. The first-order valence-corrected chi connectivity index (χ1v) is 10.7. The summed E-state index contributed by atoms with van der Waals surface area (Å²) in [5.74, 6) is 0. The first kappa shape index (κ1) is 21.6. The van der Waals surface area contributed by atoms with Gasteiger partial charge in [0.2, 0.25) is 5.13 Å². The van der Waals surface area contributed by atoms with Crippen molar-refractivity contribution < 1.29 is 9.59 Å². The van der Waals surface area contributed by atoms with Gasteiger partial charge in [-0.15, -0.1) is 11.3 Å². The van der Waals surface area contributed by atoms with Crippen LogP contribution in [0.2, 0.25) is 5.02 Å². The smallest absolute Gasteiger partial charge is 0.337 e. The molecule has 9 heteroatoms. The summed E-state index contributed by atoms with van der Waals surface area (Å²) in [7, 11) is 0. The van der Waals surface area contributed by atoms with Crippen molar-refractivity contribution in [1.82, 2.24) is 15.7 Å². The molecule has 0 fully saturated rings. The Labute approximate surface area is 184 Å². The van der Waals surface area contributed by atoms with Crippen LogP contribution in [0.3, 0.4) is 0 Å². The molecule has 0 aliphatic heterocycles. The maximum Gasteiger partial charge on any atom is 0.347 e. The molecule has 1 heterocycles. The number of aryl methyl sites for hydroxylation is 1. The molecular weight excluding hydrogens is 422 g/mol. The number of urea groups is 2. The summed E-state index contributed by atoms with van der Waals surface area (Å²) in [5, 5.41) is 9.27. The molecule has 156 valence electrons. The van der Waals surface area contributed by atoms with Crippen LogP contribution in [0.4, 0.5) is 20.4 Å². The highest BCUT2D eigenvalue weighted by atomic mass is 35.5. The number of rotatable bonds is 5. The van der Waals surface area contributed by atoms with Crippen LogP contribution in [-0.2, 0) is 0 Å². The number of anilines is 2. The Morgan fingerprint density at radius 2 is 1.80 bits per heavy atom. The third-order valence-corrected chi connectivity index (χ3v) is 5.16. The number of halogens is 1. The highest BCUT2D eigenvalue weighted by Crippen LogP contribution is 2.27. The van der Waals surface area contributed by atoms with E-state index in [0.717, 1.165) is 28.3 Å². The van der Waals surface area contributed by atoms with E-state index in [1.807, 2.05) is 43.5 Å². The van der Waals surface area contributed by atoms with Gasteiger partial charge < -0.3 is 10.6 Å². The van der Waals surface area contributed by atoms with E-state index in [4.69, 9.17) is 11.6 Å². The molecule has 0 saturated carbocycles. The first-order chi connectivity index (χ1) is 14.5. The lowest BCUT2D eigenvalue weighted by molar-refractivity contribution is 0.235. The van der Waals surface area contributed by atoms with Crippen molar-refractivity contribution in [2.75, 3.05) is 16.9 Å². The van der Waals surface area contributed by atoms with Gasteiger partial charge in [-0.1, -0.05) is 48.4 Å². The quantitative estimate of drug-likeness (QED) is 0.459. The molecule has 0 atom stereocenters. The van der Waals surface area contributed by atoms with Gasteiger partial charge in [0.25, 0.3) is 0 Å². The normalized spacial score (nSPS) is 10.4. The minimum absolute atomic E-state index is 0.337. The van der Waals surface area contributed by atoms with Gasteiger partial charge in [0.05, 0.1) is 5.69 Å². The molecule has 3 N–H and O–H groups in total. The molecule has 7 nitrogen and oxygen atoms in total. The summed E-state index contributed by atoms with van der Waals surface area (Å²) in [4.78, 5) is 29.7. The minimum atomic E-state index is -0.547. The summed E-state index contributed by atoms with van der Waals surface area (Å²) in [6.45, 7) is 4.45. The molecule has 3 rings (SSSR count). The number of hydrogen-bond donors (Lipinski definition) is 3. The average Bonchev–Trinajstić information content (AvgIpc) is 3.22. The first-order valence-electron chi connectivity index (χ1n) is 9.40. The van der Waals surface area contributed by atoms with Crippen molar-refractivity contribution in [2.24, 2.45) is 0 Å². The van der Waals surface area contributed by atoms with Crippen molar-refractivity contribution in [2.45, 2.75) is 20.3 Å².